The fraction of sp³-hybridized carbons (Fsp3) is 0.0909. The number of benzene rings is 3. The molecule has 0 heterocycles. The molecule has 3 aromatic rings. The fourth-order valence-electron chi connectivity index (χ4n) is 2.85. The van der Waals surface area contributed by atoms with E-state index in [9.17, 15) is 18.0 Å². The molecule has 0 spiro atoms. The minimum atomic E-state index is -4.13. The summed E-state index contributed by atoms with van der Waals surface area (Å²) in [6, 6.07) is 18.6. The highest BCUT2D eigenvalue weighted by molar-refractivity contribution is 7.92. The minimum Gasteiger partial charge on any atom is -0.324 e. The molecule has 0 fully saturated rings. The lowest BCUT2D eigenvalue weighted by Crippen LogP contribution is -2.38. The number of Topliss-reactive ketones (excluding diaryl/α,β-unsaturated/α-hetero) is 1. The maximum Gasteiger partial charge on any atom is 0.264 e. The van der Waals surface area contributed by atoms with E-state index in [0.717, 1.165) is 4.31 Å². The Hall–Kier alpha value is -2.87. The topological polar surface area (TPSA) is 83.6 Å². The van der Waals surface area contributed by atoms with E-state index in [4.69, 9.17) is 23.2 Å². The van der Waals surface area contributed by atoms with Crippen molar-refractivity contribution in [2.45, 2.75) is 11.8 Å². The van der Waals surface area contributed by atoms with Gasteiger partial charge in [0.2, 0.25) is 5.91 Å². The smallest absolute Gasteiger partial charge is 0.264 e. The molecule has 0 saturated carbocycles. The zero-order chi connectivity index (χ0) is 22.6. The number of hydrogen-bond acceptors (Lipinski definition) is 4. The minimum absolute atomic E-state index is 0.00239. The van der Waals surface area contributed by atoms with Crippen LogP contribution >= 0.6 is 23.2 Å². The van der Waals surface area contributed by atoms with Gasteiger partial charge in [-0.1, -0.05) is 59.6 Å². The Morgan fingerprint density at radius 2 is 1.61 bits per heavy atom. The SMILES string of the molecule is CC(=O)c1cccc(NC(=O)CN(c2cccc(Cl)c2Cl)S(=O)(=O)c2ccccc2)c1. The molecular formula is C22H18Cl2N2O4S. The van der Waals surface area contributed by atoms with Crippen molar-refractivity contribution in [3.05, 3.63) is 88.4 Å². The summed E-state index contributed by atoms with van der Waals surface area (Å²) in [5, 5.41) is 2.79. The number of amides is 1. The molecule has 1 N–H and O–H groups in total. The average Bonchev–Trinajstić information content (AvgIpc) is 2.75. The van der Waals surface area contributed by atoms with Gasteiger partial charge in [0.25, 0.3) is 10.0 Å². The number of rotatable bonds is 7. The summed E-state index contributed by atoms with van der Waals surface area (Å²) < 4.78 is 27.6. The lowest BCUT2D eigenvalue weighted by molar-refractivity contribution is -0.114. The molecule has 0 unspecified atom stereocenters. The van der Waals surface area contributed by atoms with Crippen molar-refractivity contribution in [1.29, 1.82) is 0 Å². The van der Waals surface area contributed by atoms with Crippen LogP contribution in [0.3, 0.4) is 0 Å². The van der Waals surface area contributed by atoms with Crippen molar-refractivity contribution in [3.63, 3.8) is 0 Å². The predicted octanol–water partition coefficient (Wildman–Crippen LogP) is 5.03. The summed E-state index contributed by atoms with van der Waals surface area (Å²) in [6.07, 6.45) is 0. The average molecular weight is 477 g/mol. The lowest BCUT2D eigenvalue weighted by Gasteiger charge is -2.25. The normalized spacial score (nSPS) is 11.1. The van der Waals surface area contributed by atoms with Gasteiger partial charge in [0.1, 0.15) is 6.54 Å². The Morgan fingerprint density at radius 1 is 0.935 bits per heavy atom. The van der Waals surface area contributed by atoms with Crippen LogP contribution in [0.25, 0.3) is 0 Å². The molecule has 9 heteroatoms. The third kappa shape index (κ3) is 5.25. The predicted molar refractivity (Wildman–Crippen MR) is 123 cm³/mol. The van der Waals surface area contributed by atoms with Crippen molar-refractivity contribution in [3.8, 4) is 0 Å². The number of sulfonamides is 1. The maximum absolute atomic E-state index is 13.3. The van der Waals surface area contributed by atoms with Crippen LogP contribution in [0.5, 0.6) is 0 Å². The second-order valence-corrected chi connectivity index (χ2v) is 9.23. The molecule has 0 aliphatic carbocycles. The van der Waals surface area contributed by atoms with Crippen LogP contribution in [0, 0.1) is 0 Å². The molecule has 160 valence electrons. The van der Waals surface area contributed by atoms with Gasteiger partial charge < -0.3 is 5.32 Å². The second kappa shape index (κ2) is 9.51. The Morgan fingerprint density at radius 3 is 2.29 bits per heavy atom. The summed E-state index contributed by atoms with van der Waals surface area (Å²) in [4.78, 5) is 24.3. The van der Waals surface area contributed by atoms with E-state index in [1.54, 1.807) is 42.5 Å². The van der Waals surface area contributed by atoms with E-state index >= 15 is 0 Å². The first-order valence-electron chi connectivity index (χ1n) is 9.13. The van der Waals surface area contributed by atoms with Gasteiger partial charge in [-0.2, -0.15) is 0 Å². The second-order valence-electron chi connectivity index (χ2n) is 6.58. The summed E-state index contributed by atoms with van der Waals surface area (Å²) in [6.45, 7) is 0.859. The summed E-state index contributed by atoms with van der Waals surface area (Å²) in [5.74, 6) is -0.772. The van der Waals surface area contributed by atoms with Crippen molar-refractivity contribution in [1.82, 2.24) is 0 Å². The van der Waals surface area contributed by atoms with Crippen LogP contribution < -0.4 is 9.62 Å². The van der Waals surface area contributed by atoms with E-state index in [-0.39, 0.29) is 26.4 Å². The number of nitrogens with zero attached hydrogens (tertiary/aromatic N) is 1. The number of carbonyl (C=O) groups excluding carboxylic acids is 2. The van der Waals surface area contributed by atoms with E-state index in [1.165, 1.54) is 37.3 Å². The van der Waals surface area contributed by atoms with Gasteiger partial charge >= 0.3 is 0 Å². The molecular weight excluding hydrogens is 459 g/mol. The first-order chi connectivity index (χ1) is 14.7. The standard InChI is InChI=1S/C22H18Cl2N2O4S/c1-15(27)16-7-5-8-17(13-16)25-21(28)14-26(20-12-6-11-19(23)22(20)24)31(29,30)18-9-3-2-4-10-18/h2-13H,14H2,1H3,(H,25,28). The Kier molecular flexibility index (Phi) is 7.00. The number of halogens is 2. The molecule has 0 bridgehead atoms. The molecule has 3 rings (SSSR count). The van der Waals surface area contributed by atoms with Gasteiger partial charge in [-0.05, 0) is 43.3 Å². The number of ketones is 1. The largest absolute Gasteiger partial charge is 0.324 e. The van der Waals surface area contributed by atoms with Crippen molar-refractivity contribution in [2.24, 2.45) is 0 Å². The molecule has 0 atom stereocenters. The molecule has 1 amide bonds. The molecule has 0 aliphatic heterocycles. The highest BCUT2D eigenvalue weighted by Crippen LogP contribution is 2.35. The van der Waals surface area contributed by atoms with Gasteiger partial charge in [0, 0.05) is 11.3 Å². The monoisotopic (exact) mass is 476 g/mol. The third-order valence-corrected chi connectivity index (χ3v) is 6.95. The van der Waals surface area contributed by atoms with E-state index in [0.29, 0.717) is 11.3 Å². The first kappa shape index (κ1) is 22.8. The van der Waals surface area contributed by atoms with Gasteiger partial charge in [-0.3, -0.25) is 13.9 Å². The molecule has 0 aliphatic rings. The van der Waals surface area contributed by atoms with Crippen LogP contribution in [0.15, 0.2) is 77.7 Å². The molecule has 0 aromatic heterocycles. The number of carbonyl (C=O) groups is 2. The van der Waals surface area contributed by atoms with Crippen LogP contribution in [-0.2, 0) is 14.8 Å². The van der Waals surface area contributed by atoms with Crippen LogP contribution in [0.1, 0.15) is 17.3 Å². The fourth-order valence-corrected chi connectivity index (χ4v) is 4.75. The van der Waals surface area contributed by atoms with Crippen molar-refractivity contribution < 1.29 is 18.0 Å². The van der Waals surface area contributed by atoms with Crippen LogP contribution in [0.2, 0.25) is 10.0 Å². The van der Waals surface area contributed by atoms with Crippen molar-refractivity contribution in [2.75, 3.05) is 16.2 Å². The molecule has 6 nitrogen and oxygen atoms in total. The molecule has 3 aromatic carbocycles. The summed E-state index contributed by atoms with van der Waals surface area (Å²) in [5.41, 5.74) is 0.863. The number of hydrogen-bond donors (Lipinski definition) is 1. The summed E-state index contributed by atoms with van der Waals surface area (Å²) in [7, 11) is -4.13. The van der Waals surface area contributed by atoms with Gasteiger partial charge in [-0.15, -0.1) is 0 Å². The zero-order valence-corrected chi connectivity index (χ0v) is 18.7. The lowest BCUT2D eigenvalue weighted by atomic mass is 10.1. The van der Waals surface area contributed by atoms with E-state index in [1.807, 2.05) is 0 Å². The number of nitrogens with one attached hydrogen (secondary N) is 1. The third-order valence-electron chi connectivity index (χ3n) is 4.37. The van der Waals surface area contributed by atoms with Crippen LogP contribution in [0.4, 0.5) is 11.4 Å². The van der Waals surface area contributed by atoms with Gasteiger partial charge in [0.15, 0.2) is 5.78 Å². The van der Waals surface area contributed by atoms with Gasteiger partial charge in [0.05, 0.1) is 20.6 Å². The Labute approximate surface area is 190 Å². The Balaban J connectivity index is 1.97. The van der Waals surface area contributed by atoms with E-state index in [2.05, 4.69) is 5.32 Å². The molecule has 0 saturated heterocycles. The molecule has 31 heavy (non-hydrogen) atoms. The highest BCUT2D eigenvalue weighted by Gasteiger charge is 2.29. The van der Waals surface area contributed by atoms with Crippen molar-refractivity contribution >= 4 is 56.3 Å². The van der Waals surface area contributed by atoms with Crippen LogP contribution in [-0.4, -0.2) is 26.7 Å². The molecule has 0 radical (unpaired) electrons. The van der Waals surface area contributed by atoms with E-state index < -0.39 is 22.5 Å². The quantitative estimate of drug-likeness (QED) is 0.484. The van der Waals surface area contributed by atoms with Gasteiger partial charge in [-0.25, -0.2) is 8.42 Å². The maximum atomic E-state index is 13.3. The summed E-state index contributed by atoms with van der Waals surface area (Å²) >= 11 is 12.4. The number of anilines is 2. The first-order valence-corrected chi connectivity index (χ1v) is 11.3. The Bertz CT molecular complexity index is 1230. The zero-order valence-electron chi connectivity index (χ0n) is 16.4. The highest BCUT2D eigenvalue weighted by atomic mass is 35.5.